The van der Waals surface area contributed by atoms with Crippen molar-refractivity contribution in [2.45, 2.75) is 70.4 Å². The third-order valence-corrected chi connectivity index (χ3v) is 5.51. The van der Waals surface area contributed by atoms with E-state index in [1.54, 1.807) is 0 Å². The van der Waals surface area contributed by atoms with E-state index in [1.165, 1.54) is 57.9 Å². The second kappa shape index (κ2) is 5.92. The zero-order valence-electron chi connectivity index (χ0n) is 11.9. The molecule has 0 aromatic carbocycles. The van der Waals surface area contributed by atoms with Gasteiger partial charge in [-0.2, -0.15) is 0 Å². The molecule has 0 radical (unpaired) electrons. The van der Waals surface area contributed by atoms with Gasteiger partial charge < -0.3 is 10.1 Å². The summed E-state index contributed by atoms with van der Waals surface area (Å²) in [5, 5.41) is 3.84. The van der Waals surface area contributed by atoms with Crippen LogP contribution in [0.3, 0.4) is 0 Å². The summed E-state index contributed by atoms with van der Waals surface area (Å²) in [6.07, 6.45) is 11.7. The van der Waals surface area contributed by atoms with Gasteiger partial charge in [-0.1, -0.05) is 13.3 Å². The molecule has 0 spiro atoms. The molecule has 1 aliphatic heterocycles. The molecule has 0 aromatic heterocycles. The third kappa shape index (κ3) is 2.75. The van der Waals surface area contributed by atoms with Crippen LogP contribution in [0.2, 0.25) is 0 Å². The van der Waals surface area contributed by atoms with Crippen molar-refractivity contribution in [2.24, 2.45) is 17.8 Å². The van der Waals surface area contributed by atoms with Gasteiger partial charge in [-0.05, 0) is 69.2 Å². The van der Waals surface area contributed by atoms with Crippen molar-refractivity contribution < 1.29 is 4.74 Å². The molecule has 1 heterocycles. The van der Waals surface area contributed by atoms with Crippen molar-refractivity contribution in [1.82, 2.24) is 5.32 Å². The van der Waals surface area contributed by atoms with Crippen LogP contribution >= 0.6 is 0 Å². The van der Waals surface area contributed by atoms with E-state index in [-0.39, 0.29) is 0 Å². The Balaban J connectivity index is 1.57. The second-order valence-electron chi connectivity index (χ2n) is 6.77. The Morgan fingerprint density at radius 3 is 2.78 bits per heavy atom. The van der Waals surface area contributed by atoms with Crippen LogP contribution in [0.25, 0.3) is 0 Å². The molecular formula is C16H29NO. The van der Waals surface area contributed by atoms with Crippen LogP contribution in [-0.2, 0) is 4.74 Å². The van der Waals surface area contributed by atoms with Crippen LogP contribution in [0.15, 0.2) is 0 Å². The lowest BCUT2D eigenvalue weighted by atomic mass is 9.81. The molecule has 2 saturated carbocycles. The molecular weight excluding hydrogens is 222 g/mol. The maximum absolute atomic E-state index is 5.86. The predicted molar refractivity (Wildman–Crippen MR) is 74.6 cm³/mol. The Bertz CT molecular complexity index is 262. The molecule has 2 nitrogen and oxygen atoms in total. The SMILES string of the molecule is CCCNC(CC1CCCO1)C1CC2CCC1C2. The van der Waals surface area contributed by atoms with Gasteiger partial charge in [0.1, 0.15) is 0 Å². The van der Waals surface area contributed by atoms with Gasteiger partial charge >= 0.3 is 0 Å². The van der Waals surface area contributed by atoms with Crippen LogP contribution in [-0.4, -0.2) is 25.3 Å². The first-order chi connectivity index (χ1) is 8.86. The van der Waals surface area contributed by atoms with E-state index in [0.717, 1.165) is 30.4 Å². The fourth-order valence-corrected chi connectivity index (χ4v) is 4.64. The minimum absolute atomic E-state index is 0.554. The molecule has 0 aromatic rings. The summed E-state index contributed by atoms with van der Waals surface area (Å²) in [4.78, 5) is 0. The first-order valence-electron chi connectivity index (χ1n) is 8.21. The standard InChI is InChI=1S/C16H29NO/c1-2-7-17-16(11-14-4-3-8-18-14)15-10-12-5-6-13(15)9-12/h12-17H,2-11H2,1H3. The average Bonchev–Trinajstić information content (AvgIpc) is 3.10. The van der Waals surface area contributed by atoms with Crippen LogP contribution in [0.5, 0.6) is 0 Å². The van der Waals surface area contributed by atoms with Crippen LogP contribution < -0.4 is 5.32 Å². The molecule has 2 aliphatic carbocycles. The smallest absolute Gasteiger partial charge is 0.0590 e. The molecule has 5 unspecified atom stereocenters. The molecule has 2 heteroatoms. The summed E-state index contributed by atoms with van der Waals surface area (Å²) >= 11 is 0. The summed E-state index contributed by atoms with van der Waals surface area (Å²) in [7, 11) is 0. The summed E-state index contributed by atoms with van der Waals surface area (Å²) in [6.45, 7) is 4.46. The zero-order valence-corrected chi connectivity index (χ0v) is 11.9. The van der Waals surface area contributed by atoms with Crippen molar-refractivity contribution >= 4 is 0 Å². The lowest BCUT2D eigenvalue weighted by molar-refractivity contribution is 0.0805. The minimum Gasteiger partial charge on any atom is -0.378 e. The second-order valence-corrected chi connectivity index (χ2v) is 6.77. The number of rotatable bonds is 6. The zero-order chi connectivity index (χ0) is 12.4. The van der Waals surface area contributed by atoms with Crippen LogP contribution in [0, 0.1) is 17.8 Å². The van der Waals surface area contributed by atoms with Gasteiger partial charge in [0.2, 0.25) is 0 Å². The summed E-state index contributed by atoms with van der Waals surface area (Å²) in [5.74, 6) is 3.06. The van der Waals surface area contributed by atoms with E-state index in [2.05, 4.69) is 12.2 Å². The molecule has 3 fully saturated rings. The normalized spacial score (nSPS) is 40.5. The predicted octanol–water partition coefficient (Wildman–Crippen LogP) is 3.36. The van der Waals surface area contributed by atoms with Crippen LogP contribution in [0.4, 0.5) is 0 Å². The molecule has 3 aliphatic rings. The molecule has 3 rings (SSSR count). The molecule has 5 atom stereocenters. The monoisotopic (exact) mass is 251 g/mol. The van der Waals surface area contributed by atoms with Crippen LogP contribution in [0.1, 0.15) is 58.3 Å². The Morgan fingerprint density at radius 1 is 1.22 bits per heavy atom. The van der Waals surface area contributed by atoms with Gasteiger partial charge in [-0.15, -0.1) is 0 Å². The number of nitrogens with one attached hydrogen (secondary N) is 1. The van der Waals surface area contributed by atoms with Crippen molar-refractivity contribution in [1.29, 1.82) is 0 Å². The first kappa shape index (κ1) is 12.9. The fraction of sp³-hybridized carbons (Fsp3) is 1.00. The first-order valence-corrected chi connectivity index (χ1v) is 8.21. The highest BCUT2D eigenvalue weighted by atomic mass is 16.5. The fourth-order valence-electron chi connectivity index (χ4n) is 4.64. The summed E-state index contributed by atoms with van der Waals surface area (Å²) in [6, 6.07) is 0.739. The van der Waals surface area contributed by atoms with Gasteiger partial charge in [0.05, 0.1) is 6.10 Å². The molecule has 1 N–H and O–H groups in total. The molecule has 18 heavy (non-hydrogen) atoms. The maximum Gasteiger partial charge on any atom is 0.0590 e. The van der Waals surface area contributed by atoms with E-state index >= 15 is 0 Å². The Labute approximate surface area is 112 Å². The molecule has 2 bridgehead atoms. The van der Waals surface area contributed by atoms with Gasteiger partial charge in [0.25, 0.3) is 0 Å². The van der Waals surface area contributed by atoms with Crippen molar-refractivity contribution in [3.63, 3.8) is 0 Å². The van der Waals surface area contributed by atoms with E-state index in [1.807, 2.05) is 0 Å². The van der Waals surface area contributed by atoms with E-state index in [4.69, 9.17) is 4.74 Å². The van der Waals surface area contributed by atoms with Crippen molar-refractivity contribution in [2.75, 3.05) is 13.2 Å². The quantitative estimate of drug-likeness (QED) is 0.781. The lowest BCUT2D eigenvalue weighted by Gasteiger charge is -2.33. The Kier molecular flexibility index (Phi) is 4.25. The molecule has 1 saturated heterocycles. The Hall–Kier alpha value is -0.0800. The number of hydrogen-bond donors (Lipinski definition) is 1. The number of fused-ring (bicyclic) bond motifs is 2. The van der Waals surface area contributed by atoms with Gasteiger partial charge in [-0.3, -0.25) is 0 Å². The maximum atomic E-state index is 5.86. The molecule has 104 valence electrons. The lowest BCUT2D eigenvalue weighted by Crippen LogP contribution is -2.41. The van der Waals surface area contributed by atoms with Crippen molar-refractivity contribution in [3.05, 3.63) is 0 Å². The van der Waals surface area contributed by atoms with Gasteiger partial charge in [-0.25, -0.2) is 0 Å². The van der Waals surface area contributed by atoms with Gasteiger partial charge in [0.15, 0.2) is 0 Å². The highest BCUT2D eigenvalue weighted by Gasteiger charge is 2.43. The topological polar surface area (TPSA) is 21.3 Å². The third-order valence-electron chi connectivity index (χ3n) is 5.51. The van der Waals surface area contributed by atoms with E-state index < -0.39 is 0 Å². The molecule has 0 amide bonds. The largest absolute Gasteiger partial charge is 0.378 e. The summed E-state index contributed by atoms with van der Waals surface area (Å²) < 4.78 is 5.86. The highest BCUT2D eigenvalue weighted by molar-refractivity contribution is 4.96. The number of ether oxygens (including phenoxy) is 1. The van der Waals surface area contributed by atoms with E-state index in [0.29, 0.717) is 6.10 Å². The van der Waals surface area contributed by atoms with E-state index in [9.17, 15) is 0 Å². The average molecular weight is 251 g/mol. The minimum atomic E-state index is 0.554. The highest BCUT2D eigenvalue weighted by Crippen LogP contribution is 2.50. The summed E-state index contributed by atoms with van der Waals surface area (Å²) in [5.41, 5.74) is 0. The number of hydrogen-bond acceptors (Lipinski definition) is 2. The Morgan fingerprint density at radius 2 is 2.17 bits per heavy atom. The van der Waals surface area contributed by atoms with Crippen molar-refractivity contribution in [3.8, 4) is 0 Å². The van der Waals surface area contributed by atoms with Gasteiger partial charge in [0, 0.05) is 12.6 Å².